The van der Waals surface area contributed by atoms with Gasteiger partial charge in [0.15, 0.2) is 0 Å². The number of hydrogen-bond acceptors (Lipinski definition) is 2. The molecule has 1 fully saturated rings. The number of aryl methyl sites for hydroxylation is 1. The van der Waals surface area contributed by atoms with Crippen LogP contribution >= 0.6 is 0 Å². The lowest BCUT2D eigenvalue weighted by atomic mass is 10.1. The Balaban J connectivity index is 1.68. The number of hydrogen-bond donors (Lipinski definition) is 1. The molecule has 1 unspecified atom stereocenters. The molecule has 0 aromatic heterocycles. The Bertz CT molecular complexity index is 722. The number of carbonyl (C=O) groups excluding carboxylic acids is 1. The van der Waals surface area contributed by atoms with Crippen LogP contribution in [0.25, 0.3) is 0 Å². The molecule has 1 amide bonds. The molecule has 0 spiro atoms. The summed E-state index contributed by atoms with van der Waals surface area (Å²) in [6.45, 7) is 7.63. The topological polar surface area (TPSA) is 32.3 Å². The van der Waals surface area contributed by atoms with Crippen molar-refractivity contribution in [1.82, 2.24) is 4.90 Å². The van der Waals surface area contributed by atoms with Gasteiger partial charge in [-0.3, -0.25) is 9.69 Å². The highest BCUT2D eigenvalue weighted by Gasteiger charge is 2.32. The van der Waals surface area contributed by atoms with Crippen LogP contribution in [-0.4, -0.2) is 23.4 Å². The molecule has 1 atom stereocenters. The fraction of sp³-hybridized carbons (Fsp3) is 0.409. The monoisotopic (exact) mass is 336 g/mol. The van der Waals surface area contributed by atoms with Gasteiger partial charge >= 0.3 is 0 Å². The molecule has 25 heavy (non-hydrogen) atoms. The highest BCUT2D eigenvalue weighted by Crippen LogP contribution is 2.35. The van der Waals surface area contributed by atoms with E-state index in [0.717, 1.165) is 23.7 Å². The highest BCUT2D eigenvalue weighted by atomic mass is 16.2. The van der Waals surface area contributed by atoms with Crippen LogP contribution in [0.5, 0.6) is 0 Å². The first-order valence-corrected chi connectivity index (χ1v) is 9.18. The molecular weight excluding hydrogens is 308 g/mol. The van der Waals surface area contributed by atoms with Crippen molar-refractivity contribution in [2.45, 2.75) is 46.2 Å². The van der Waals surface area contributed by atoms with Gasteiger partial charge in [-0.15, -0.1) is 0 Å². The SMILES string of the molecule is Cc1cccc(NC(=O)CN(Cc2ccccc2)C(C)C2CC2)c1C. The fourth-order valence-corrected chi connectivity index (χ4v) is 3.30. The standard InChI is InChI=1S/C22H28N2O/c1-16-8-7-11-21(17(16)2)23-22(25)15-24(18(3)20-12-13-20)14-19-9-5-4-6-10-19/h4-11,18,20H,12-15H2,1-3H3,(H,23,25). The molecule has 0 heterocycles. The molecule has 3 heteroatoms. The third-order valence-corrected chi connectivity index (χ3v) is 5.33. The van der Waals surface area contributed by atoms with Crippen LogP contribution in [0.2, 0.25) is 0 Å². The van der Waals surface area contributed by atoms with E-state index in [1.54, 1.807) is 0 Å². The van der Waals surface area contributed by atoms with Gasteiger partial charge in [-0.05, 0) is 62.3 Å². The summed E-state index contributed by atoms with van der Waals surface area (Å²) in [4.78, 5) is 15.0. The second-order valence-corrected chi connectivity index (χ2v) is 7.26. The number of nitrogens with zero attached hydrogens (tertiary/aromatic N) is 1. The average molecular weight is 336 g/mol. The van der Waals surface area contributed by atoms with Crippen molar-refractivity contribution < 1.29 is 4.79 Å². The quantitative estimate of drug-likeness (QED) is 0.805. The summed E-state index contributed by atoms with van der Waals surface area (Å²) in [5.41, 5.74) is 4.52. The van der Waals surface area contributed by atoms with Gasteiger partial charge in [0.05, 0.1) is 6.54 Å². The van der Waals surface area contributed by atoms with Crippen molar-refractivity contribution in [3.63, 3.8) is 0 Å². The first-order valence-electron chi connectivity index (χ1n) is 9.18. The predicted molar refractivity (Wildman–Crippen MR) is 104 cm³/mol. The number of carbonyl (C=O) groups is 1. The Morgan fingerprint density at radius 3 is 2.52 bits per heavy atom. The van der Waals surface area contributed by atoms with Crippen molar-refractivity contribution >= 4 is 11.6 Å². The molecule has 0 saturated heterocycles. The summed E-state index contributed by atoms with van der Waals surface area (Å²) in [5, 5.41) is 3.10. The molecule has 0 bridgehead atoms. The molecule has 3 rings (SSSR count). The molecular formula is C22H28N2O. The van der Waals surface area contributed by atoms with Crippen molar-refractivity contribution in [3.8, 4) is 0 Å². The van der Waals surface area contributed by atoms with Gasteiger partial charge in [0.2, 0.25) is 5.91 Å². The predicted octanol–water partition coefficient (Wildman–Crippen LogP) is 4.54. The van der Waals surface area contributed by atoms with E-state index in [1.165, 1.54) is 24.0 Å². The maximum absolute atomic E-state index is 12.7. The van der Waals surface area contributed by atoms with Crippen LogP contribution in [0.4, 0.5) is 5.69 Å². The Morgan fingerprint density at radius 1 is 1.12 bits per heavy atom. The second-order valence-electron chi connectivity index (χ2n) is 7.26. The van der Waals surface area contributed by atoms with E-state index in [-0.39, 0.29) is 5.91 Å². The minimum absolute atomic E-state index is 0.0668. The fourth-order valence-electron chi connectivity index (χ4n) is 3.30. The van der Waals surface area contributed by atoms with E-state index in [1.807, 2.05) is 18.2 Å². The zero-order valence-electron chi connectivity index (χ0n) is 15.5. The van der Waals surface area contributed by atoms with Crippen molar-refractivity contribution in [3.05, 3.63) is 65.2 Å². The zero-order chi connectivity index (χ0) is 17.8. The summed E-state index contributed by atoms with van der Waals surface area (Å²) < 4.78 is 0. The van der Waals surface area contributed by atoms with Crippen LogP contribution < -0.4 is 5.32 Å². The number of nitrogens with one attached hydrogen (secondary N) is 1. The minimum atomic E-state index is 0.0668. The third kappa shape index (κ3) is 4.70. The van der Waals surface area contributed by atoms with Crippen LogP contribution in [0.15, 0.2) is 48.5 Å². The van der Waals surface area contributed by atoms with Gasteiger partial charge < -0.3 is 5.32 Å². The Morgan fingerprint density at radius 2 is 1.84 bits per heavy atom. The number of amides is 1. The van der Waals surface area contributed by atoms with Gasteiger partial charge in [0.25, 0.3) is 0 Å². The summed E-state index contributed by atoms with van der Waals surface area (Å²) in [7, 11) is 0. The van der Waals surface area contributed by atoms with E-state index in [4.69, 9.17) is 0 Å². The van der Waals surface area contributed by atoms with Crippen molar-refractivity contribution in [1.29, 1.82) is 0 Å². The van der Waals surface area contributed by atoms with E-state index in [2.05, 4.69) is 61.3 Å². The second kappa shape index (κ2) is 7.83. The van der Waals surface area contributed by atoms with Gasteiger partial charge in [0.1, 0.15) is 0 Å². The zero-order valence-corrected chi connectivity index (χ0v) is 15.5. The molecule has 3 nitrogen and oxygen atoms in total. The average Bonchev–Trinajstić information content (AvgIpc) is 3.44. The van der Waals surface area contributed by atoms with Crippen molar-refractivity contribution in [2.24, 2.45) is 5.92 Å². The first kappa shape index (κ1) is 17.7. The summed E-state index contributed by atoms with van der Waals surface area (Å²) in [5.74, 6) is 0.800. The minimum Gasteiger partial charge on any atom is -0.325 e. The first-order chi connectivity index (χ1) is 12.0. The molecule has 0 aliphatic heterocycles. The third-order valence-electron chi connectivity index (χ3n) is 5.33. The molecule has 2 aromatic rings. The molecule has 0 radical (unpaired) electrons. The Kier molecular flexibility index (Phi) is 5.54. The number of rotatable bonds is 7. The molecule has 1 N–H and O–H groups in total. The lowest BCUT2D eigenvalue weighted by Gasteiger charge is -2.29. The molecule has 1 saturated carbocycles. The Hall–Kier alpha value is -2.13. The molecule has 2 aromatic carbocycles. The van der Waals surface area contributed by atoms with E-state index < -0.39 is 0 Å². The largest absolute Gasteiger partial charge is 0.325 e. The number of benzene rings is 2. The highest BCUT2D eigenvalue weighted by molar-refractivity contribution is 5.93. The molecule has 1 aliphatic rings. The maximum Gasteiger partial charge on any atom is 0.238 e. The van der Waals surface area contributed by atoms with Gasteiger partial charge in [-0.1, -0.05) is 42.5 Å². The van der Waals surface area contributed by atoms with Crippen molar-refractivity contribution in [2.75, 3.05) is 11.9 Å². The summed E-state index contributed by atoms with van der Waals surface area (Å²) in [6, 6.07) is 16.9. The van der Waals surface area contributed by atoms with Gasteiger partial charge in [-0.25, -0.2) is 0 Å². The molecule has 1 aliphatic carbocycles. The van der Waals surface area contributed by atoms with Crippen LogP contribution in [0.1, 0.15) is 36.5 Å². The van der Waals surface area contributed by atoms with Gasteiger partial charge in [-0.2, -0.15) is 0 Å². The number of anilines is 1. The van der Waals surface area contributed by atoms with E-state index in [9.17, 15) is 4.79 Å². The Labute approximate surface area is 151 Å². The summed E-state index contributed by atoms with van der Waals surface area (Å²) >= 11 is 0. The normalized spacial score (nSPS) is 15.2. The van der Waals surface area contributed by atoms with E-state index in [0.29, 0.717) is 12.6 Å². The van der Waals surface area contributed by atoms with Crippen LogP contribution in [0.3, 0.4) is 0 Å². The van der Waals surface area contributed by atoms with E-state index >= 15 is 0 Å². The lowest BCUT2D eigenvalue weighted by Crippen LogP contribution is -2.40. The van der Waals surface area contributed by atoms with Crippen LogP contribution in [-0.2, 0) is 11.3 Å². The molecule has 132 valence electrons. The van der Waals surface area contributed by atoms with Crippen LogP contribution in [0, 0.1) is 19.8 Å². The van der Waals surface area contributed by atoms with Gasteiger partial charge in [0, 0.05) is 18.3 Å². The maximum atomic E-state index is 12.7. The smallest absolute Gasteiger partial charge is 0.238 e. The lowest BCUT2D eigenvalue weighted by molar-refractivity contribution is -0.118. The summed E-state index contributed by atoms with van der Waals surface area (Å²) in [6.07, 6.45) is 2.57.